The molecule has 0 radical (unpaired) electrons. The fourth-order valence-electron chi connectivity index (χ4n) is 1.90. The van der Waals surface area contributed by atoms with Gasteiger partial charge in [0.05, 0.1) is 30.7 Å². The quantitative estimate of drug-likeness (QED) is 0.237. The molecule has 0 aliphatic rings. The van der Waals surface area contributed by atoms with Crippen molar-refractivity contribution in [3.05, 3.63) is 48.6 Å². The van der Waals surface area contributed by atoms with E-state index in [0.29, 0.717) is 6.20 Å². The van der Waals surface area contributed by atoms with Gasteiger partial charge in [0, 0.05) is 17.3 Å². The van der Waals surface area contributed by atoms with Gasteiger partial charge >= 0.3 is 12.4 Å². The third kappa shape index (κ3) is 3.90. The fraction of sp³-hybridized carbons (Fsp3) is 0.154. The average molecular weight is 463 g/mol. The molecule has 0 N–H and O–H groups in total. The van der Waals surface area contributed by atoms with Crippen molar-refractivity contribution < 1.29 is 26.3 Å². The van der Waals surface area contributed by atoms with Crippen molar-refractivity contribution in [3.63, 3.8) is 0 Å². The van der Waals surface area contributed by atoms with Crippen LogP contribution in [0.3, 0.4) is 0 Å². The maximum atomic E-state index is 13.0. The molecule has 1 nitrogen and oxygen atoms in total. The van der Waals surface area contributed by atoms with Gasteiger partial charge in [-0.15, -0.1) is 0 Å². The number of benzene rings is 1. The second-order valence-electron chi connectivity index (χ2n) is 4.56. The van der Waals surface area contributed by atoms with Crippen molar-refractivity contribution in [1.29, 1.82) is 0 Å². The number of hydrogen-bond donors (Lipinski definition) is 0. The van der Waals surface area contributed by atoms with E-state index >= 15 is 0 Å². The summed E-state index contributed by atoms with van der Waals surface area (Å²) in [7, 11) is 0. The highest BCUT2D eigenvalue weighted by atomic mass is 35.5. The number of nitrogens with zero attached hydrogens (tertiary/aromatic N) is 1. The van der Waals surface area contributed by atoms with Gasteiger partial charge in [0.2, 0.25) is 0 Å². The molecule has 1 aromatic carbocycles. The van der Waals surface area contributed by atoms with E-state index in [-0.39, 0.29) is 36.7 Å². The summed E-state index contributed by atoms with van der Waals surface area (Å²) in [6.45, 7) is 0. The average Bonchev–Trinajstić information content (AvgIpc) is 2.49. The molecule has 0 amide bonds. The third-order valence-corrected chi connectivity index (χ3v) is 5.24. The van der Waals surface area contributed by atoms with Gasteiger partial charge in [0.25, 0.3) is 0 Å². The summed E-state index contributed by atoms with van der Waals surface area (Å²) in [4.78, 5) is 2.88. The predicted octanol–water partition coefficient (Wildman–Crippen LogP) is 8.05. The Morgan fingerprint density at radius 3 is 1.52 bits per heavy atom. The zero-order chi connectivity index (χ0) is 19.3. The van der Waals surface area contributed by atoms with Gasteiger partial charge in [-0.3, -0.25) is 4.98 Å². The summed E-state index contributed by atoms with van der Waals surface area (Å²) in [6, 6.07) is 0.212. The molecule has 12 heteroatoms. The van der Waals surface area contributed by atoms with Crippen LogP contribution in [0.1, 0.15) is 11.3 Å². The SMILES string of the molecule is FC(F)(F)c1cc(-c2c(Cl)c(Cl)c(Cl)c(Cl)c2Cl)cnc1C(F)(F)F. The zero-order valence-electron chi connectivity index (χ0n) is 11.3. The largest absolute Gasteiger partial charge is 0.433 e. The van der Waals surface area contributed by atoms with Gasteiger partial charge in [0.15, 0.2) is 5.69 Å². The summed E-state index contributed by atoms with van der Waals surface area (Å²) in [6.07, 6.45) is -10.1. The molecular weight excluding hydrogens is 461 g/mol. The smallest absolute Gasteiger partial charge is 0.251 e. The van der Waals surface area contributed by atoms with Crippen LogP contribution in [0.4, 0.5) is 26.3 Å². The molecule has 0 spiro atoms. The second kappa shape index (κ2) is 6.85. The maximum absolute atomic E-state index is 13.0. The van der Waals surface area contributed by atoms with Gasteiger partial charge in [-0.05, 0) is 6.07 Å². The number of pyridine rings is 1. The highest BCUT2D eigenvalue weighted by Gasteiger charge is 2.45. The van der Waals surface area contributed by atoms with Crippen molar-refractivity contribution in [3.8, 4) is 11.1 Å². The number of hydrogen-bond acceptors (Lipinski definition) is 1. The monoisotopic (exact) mass is 461 g/mol. The Labute approximate surface area is 161 Å². The molecule has 0 saturated carbocycles. The van der Waals surface area contributed by atoms with Gasteiger partial charge < -0.3 is 0 Å². The highest BCUT2D eigenvalue weighted by molar-refractivity contribution is 6.56. The minimum atomic E-state index is -5.33. The molecule has 2 rings (SSSR count). The van der Waals surface area contributed by atoms with Gasteiger partial charge in [-0.1, -0.05) is 58.0 Å². The van der Waals surface area contributed by atoms with Gasteiger partial charge in [-0.25, -0.2) is 0 Å². The van der Waals surface area contributed by atoms with E-state index in [9.17, 15) is 26.3 Å². The van der Waals surface area contributed by atoms with E-state index in [1.165, 1.54) is 0 Å². The van der Waals surface area contributed by atoms with E-state index in [1.54, 1.807) is 0 Å². The molecular formula is C13H2Cl5F6N. The molecule has 0 fully saturated rings. The molecule has 0 unspecified atom stereocenters. The normalized spacial score (nSPS) is 12.6. The Hall–Kier alpha value is -0.600. The summed E-state index contributed by atoms with van der Waals surface area (Å²) in [5.41, 5.74) is -4.89. The van der Waals surface area contributed by atoms with Crippen LogP contribution in [0, 0.1) is 0 Å². The van der Waals surface area contributed by atoms with E-state index < -0.39 is 29.2 Å². The number of aromatic nitrogens is 1. The molecule has 0 aliphatic heterocycles. The van der Waals surface area contributed by atoms with E-state index in [0.717, 1.165) is 0 Å². The summed E-state index contributed by atoms with van der Waals surface area (Å²) in [5, 5.41) is -1.65. The lowest BCUT2D eigenvalue weighted by Crippen LogP contribution is -2.18. The van der Waals surface area contributed by atoms with Crippen LogP contribution in [-0.2, 0) is 12.4 Å². The zero-order valence-corrected chi connectivity index (χ0v) is 15.0. The maximum Gasteiger partial charge on any atom is 0.433 e. The molecule has 25 heavy (non-hydrogen) atoms. The first-order valence-electron chi connectivity index (χ1n) is 5.93. The Bertz CT molecular complexity index is 817. The number of halogens is 11. The lowest BCUT2D eigenvalue weighted by molar-refractivity contribution is -0.164. The van der Waals surface area contributed by atoms with Crippen molar-refractivity contribution in [1.82, 2.24) is 4.98 Å². The molecule has 1 aromatic heterocycles. The minimum absolute atomic E-state index is 0.212. The summed E-state index contributed by atoms with van der Waals surface area (Å²) < 4.78 is 77.4. The van der Waals surface area contributed by atoms with Crippen molar-refractivity contribution in [2.24, 2.45) is 0 Å². The minimum Gasteiger partial charge on any atom is -0.251 e. The Morgan fingerprint density at radius 2 is 1.12 bits per heavy atom. The lowest BCUT2D eigenvalue weighted by atomic mass is 10.0. The number of alkyl halides is 6. The lowest BCUT2D eigenvalue weighted by Gasteiger charge is -2.17. The Morgan fingerprint density at radius 1 is 0.680 bits per heavy atom. The first kappa shape index (κ1) is 20.7. The first-order valence-corrected chi connectivity index (χ1v) is 7.82. The molecule has 1 heterocycles. The summed E-state index contributed by atoms with van der Waals surface area (Å²) in [5.74, 6) is 0. The van der Waals surface area contributed by atoms with Crippen LogP contribution in [0.25, 0.3) is 11.1 Å². The molecule has 0 aliphatic carbocycles. The second-order valence-corrected chi connectivity index (χ2v) is 6.45. The van der Waals surface area contributed by atoms with Gasteiger partial charge in [-0.2, -0.15) is 26.3 Å². The van der Waals surface area contributed by atoms with Crippen LogP contribution in [-0.4, -0.2) is 4.98 Å². The van der Waals surface area contributed by atoms with Crippen LogP contribution < -0.4 is 0 Å². The van der Waals surface area contributed by atoms with Crippen LogP contribution in [0.15, 0.2) is 12.3 Å². The van der Waals surface area contributed by atoms with Crippen molar-refractivity contribution >= 4 is 58.0 Å². The third-order valence-electron chi connectivity index (χ3n) is 2.96. The van der Waals surface area contributed by atoms with Crippen molar-refractivity contribution in [2.45, 2.75) is 12.4 Å². The summed E-state index contributed by atoms with van der Waals surface area (Å²) >= 11 is 29.2. The highest BCUT2D eigenvalue weighted by Crippen LogP contribution is 2.49. The number of rotatable bonds is 1. The van der Waals surface area contributed by atoms with Crippen LogP contribution in [0.2, 0.25) is 25.1 Å². The first-order chi connectivity index (χ1) is 11.3. The van der Waals surface area contributed by atoms with E-state index in [4.69, 9.17) is 58.0 Å². The standard InChI is InChI=1S/C13H2Cl5F6N/c14-6-5(7(15)9(17)10(18)8(6)16)3-1-4(12(19,20)21)11(25-2-3)13(22,23)24/h1-2H. The van der Waals surface area contributed by atoms with Crippen LogP contribution >= 0.6 is 58.0 Å². The van der Waals surface area contributed by atoms with E-state index in [2.05, 4.69) is 4.98 Å². The fourth-order valence-corrected chi connectivity index (χ4v) is 3.26. The van der Waals surface area contributed by atoms with E-state index in [1.807, 2.05) is 0 Å². The molecule has 0 bridgehead atoms. The van der Waals surface area contributed by atoms with Gasteiger partial charge in [0.1, 0.15) is 0 Å². The molecule has 136 valence electrons. The topological polar surface area (TPSA) is 12.9 Å². The molecule has 2 aromatic rings. The van der Waals surface area contributed by atoms with Crippen LogP contribution in [0.5, 0.6) is 0 Å². The Balaban J connectivity index is 2.84. The predicted molar refractivity (Wildman–Crippen MR) is 84.7 cm³/mol. The molecule has 0 atom stereocenters. The van der Waals surface area contributed by atoms with Crippen molar-refractivity contribution in [2.75, 3.05) is 0 Å². The Kier molecular flexibility index (Phi) is 5.67. The molecule has 0 saturated heterocycles.